The van der Waals surface area contributed by atoms with Crippen LogP contribution in [-0.2, 0) is 10.0 Å². The first kappa shape index (κ1) is 18.1. The summed E-state index contributed by atoms with van der Waals surface area (Å²) in [6.45, 7) is 9.65. The molecule has 2 unspecified atom stereocenters. The number of rotatable bonds is 9. The monoisotopic (exact) mass is 312 g/mol. The minimum absolute atomic E-state index is 0.131. The van der Waals surface area contributed by atoms with Crippen LogP contribution in [0.5, 0.6) is 0 Å². The predicted molar refractivity (Wildman–Crippen MR) is 88.1 cm³/mol. The van der Waals surface area contributed by atoms with E-state index in [4.69, 9.17) is 0 Å². The summed E-state index contributed by atoms with van der Waals surface area (Å²) < 4.78 is 27.5. The van der Waals surface area contributed by atoms with Crippen LogP contribution >= 0.6 is 0 Å². The molecule has 5 heteroatoms. The number of hydrogen-bond acceptors (Lipinski definition) is 3. The predicted octanol–water partition coefficient (Wildman–Crippen LogP) is 2.87. The lowest BCUT2D eigenvalue weighted by atomic mass is 9.94. The van der Waals surface area contributed by atoms with E-state index in [1.165, 1.54) is 0 Å². The van der Waals surface area contributed by atoms with Crippen molar-refractivity contribution in [1.82, 2.24) is 10.0 Å². The van der Waals surface area contributed by atoms with E-state index in [1.54, 1.807) is 12.1 Å². The Bertz CT molecular complexity index is 529. The number of sulfonamides is 1. The highest BCUT2D eigenvalue weighted by Gasteiger charge is 2.23. The Morgan fingerprint density at radius 3 is 2.29 bits per heavy atom. The second-order valence-corrected chi connectivity index (χ2v) is 7.20. The summed E-state index contributed by atoms with van der Waals surface area (Å²) >= 11 is 0. The van der Waals surface area contributed by atoms with Crippen LogP contribution < -0.4 is 10.0 Å². The largest absolute Gasteiger partial charge is 0.314 e. The van der Waals surface area contributed by atoms with Crippen LogP contribution in [0, 0.1) is 0 Å². The fourth-order valence-electron chi connectivity index (χ4n) is 2.23. The fraction of sp³-hybridized carbons (Fsp3) is 0.625. The molecule has 0 spiro atoms. The molecule has 0 aromatic heterocycles. The maximum Gasteiger partial charge on any atom is 0.240 e. The van der Waals surface area contributed by atoms with E-state index in [2.05, 4.69) is 30.8 Å². The third-order valence-corrected chi connectivity index (χ3v) is 5.24. The first-order valence-corrected chi connectivity index (χ1v) is 9.24. The van der Waals surface area contributed by atoms with Gasteiger partial charge in [-0.1, -0.05) is 39.0 Å². The van der Waals surface area contributed by atoms with Crippen molar-refractivity contribution in [3.8, 4) is 0 Å². The van der Waals surface area contributed by atoms with Gasteiger partial charge in [-0.05, 0) is 43.9 Å². The Kier molecular flexibility index (Phi) is 7.35. The van der Waals surface area contributed by atoms with Gasteiger partial charge in [-0.15, -0.1) is 0 Å². The van der Waals surface area contributed by atoms with Gasteiger partial charge in [-0.2, -0.15) is 0 Å². The van der Waals surface area contributed by atoms with E-state index in [9.17, 15) is 8.42 Å². The summed E-state index contributed by atoms with van der Waals surface area (Å²) in [6.07, 6.45) is 1.85. The van der Waals surface area contributed by atoms with Gasteiger partial charge in [0.1, 0.15) is 0 Å². The lowest BCUT2D eigenvalue weighted by Gasteiger charge is -2.24. The van der Waals surface area contributed by atoms with Crippen molar-refractivity contribution >= 4 is 10.0 Å². The molecular formula is C16H28N2O2S. The average Bonchev–Trinajstić information content (AvgIpc) is 2.49. The molecule has 0 amide bonds. The fourth-order valence-corrected chi connectivity index (χ4v) is 3.68. The molecule has 21 heavy (non-hydrogen) atoms. The van der Waals surface area contributed by atoms with Crippen molar-refractivity contribution in [3.63, 3.8) is 0 Å². The lowest BCUT2D eigenvalue weighted by Crippen LogP contribution is -2.33. The molecule has 0 aliphatic carbocycles. The van der Waals surface area contributed by atoms with Gasteiger partial charge < -0.3 is 5.32 Å². The molecule has 2 N–H and O–H groups in total. The molecule has 0 saturated carbocycles. The third kappa shape index (κ3) is 5.09. The quantitative estimate of drug-likeness (QED) is 0.737. The van der Waals surface area contributed by atoms with E-state index < -0.39 is 10.0 Å². The second-order valence-electron chi connectivity index (χ2n) is 5.47. The highest BCUT2D eigenvalue weighted by molar-refractivity contribution is 7.89. The summed E-state index contributed by atoms with van der Waals surface area (Å²) in [5.41, 5.74) is 0.872. The molecule has 1 aromatic rings. The summed E-state index contributed by atoms with van der Waals surface area (Å²) in [5, 5.41) is 3.44. The van der Waals surface area contributed by atoms with Gasteiger partial charge in [0.25, 0.3) is 0 Å². The van der Waals surface area contributed by atoms with Gasteiger partial charge in [0.2, 0.25) is 10.0 Å². The third-order valence-electron chi connectivity index (χ3n) is 3.71. The molecule has 0 aliphatic rings. The van der Waals surface area contributed by atoms with Crippen molar-refractivity contribution in [2.45, 2.75) is 57.4 Å². The first-order valence-electron chi connectivity index (χ1n) is 7.76. The lowest BCUT2D eigenvalue weighted by molar-refractivity contribution is 0.476. The molecule has 0 bridgehead atoms. The van der Waals surface area contributed by atoms with Crippen molar-refractivity contribution in [2.24, 2.45) is 0 Å². The smallest absolute Gasteiger partial charge is 0.240 e. The van der Waals surface area contributed by atoms with Crippen LogP contribution in [0.2, 0.25) is 0 Å². The summed E-state index contributed by atoms with van der Waals surface area (Å²) in [4.78, 5) is 0.399. The average molecular weight is 312 g/mol. The Morgan fingerprint density at radius 1 is 1.05 bits per heavy atom. The number of hydrogen-bond donors (Lipinski definition) is 2. The highest BCUT2D eigenvalue weighted by atomic mass is 32.2. The van der Waals surface area contributed by atoms with Gasteiger partial charge in [0.15, 0.2) is 0 Å². The molecule has 4 nitrogen and oxygen atoms in total. The van der Waals surface area contributed by atoms with E-state index in [-0.39, 0.29) is 12.0 Å². The van der Waals surface area contributed by atoms with Crippen LogP contribution in [0.15, 0.2) is 29.2 Å². The SMILES string of the molecule is CCCNC(C)C(C)c1ccccc1S(=O)(=O)NCCC. The second kappa shape index (κ2) is 8.51. The Hall–Kier alpha value is -0.910. The van der Waals surface area contributed by atoms with Crippen molar-refractivity contribution < 1.29 is 8.42 Å². The molecule has 0 heterocycles. The molecule has 0 saturated heterocycles. The summed E-state index contributed by atoms with van der Waals surface area (Å²) in [6, 6.07) is 7.51. The molecular weight excluding hydrogens is 284 g/mol. The Morgan fingerprint density at radius 2 is 1.67 bits per heavy atom. The van der Waals surface area contributed by atoms with E-state index in [0.717, 1.165) is 24.9 Å². The minimum atomic E-state index is -3.43. The topological polar surface area (TPSA) is 58.2 Å². The van der Waals surface area contributed by atoms with Crippen molar-refractivity contribution in [1.29, 1.82) is 0 Å². The normalized spacial score (nSPS) is 14.9. The molecule has 120 valence electrons. The van der Waals surface area contributed by atoms with Gasteiger partial charge in [0, 0.05) is 12.6 Å². The van der Waals surface area contributed by atoms with Crippen LogP contribution in [-0.4, -0.2) is 27.5 Å². The zero-order chi connectivity index (χ0) is 15.9. The van der Waals surface area contributed by atoms with Gasteiger partial charge in [-0.25, -0.2) is 13.1 Å². The molecule has 1 aromatic carbocycles. The van der Waals surface area contributed by atoms with Gasteiger partial charge in [0.05, 0.1) is 4.90 Å². The van der Waals surface area contributed by atoms with Gasteiger partial charge >= 0.3 is 0 Å². The van der Waals surface area contributed by atoms with Crippen LogP contribution in [0.1, 0.15) is 52.0 Å². The standard InChI is InChI=1S/C16H28N2O2S/c1-5-11-17-14(4)13(3)15-9-7-8-10-16(15)21(19,20)18-12-6-2/h7-10,13-14,17-18H,5-6,11-12H2,1-4H3. The van der Waals surface area contributed by atoms with Gasteiger partial charge in [-0.3, -0.25) is 0 Å². The van der Waals surface area contributed by atoms with E-state index in [0.29, 0.717) is 11.4 Å². The summed E-state index contributed by atoms with van der Waals surface area (Å²) in [5.74, 6) is 0.131. The number of nitrogens with one attached hydrogen (secondary N) is 2. The zero-order valence-corrected chi connectivity index (χ0v) is 14.3. The number of benzene rings is 1. The van der Waals surface area contributed by atoms with Crippen LogP contribution in [0.4, 0.5) is 0 Å². The van der Waals surface area contributed by atoms with E-state index >= 15 is 0 Å². The zero-order valence-electron chi connectivity index (χ0n) is 13.5. The van der Waals surface area contributed by atoms with Crippen LogP contribution in [0.25, 0.3) is 0 Å². The minimum Gasteiger partial charge on any atom is -0.314 e. The molecule has 1 rings (SSSR count). The Labute approximate surface area is 129 Å². The molecule has 0 fully saturated rings. The highest BCUT2D eigenvalue weighted by Crippen LogP contribution is 2.26. The molecule has 0 radical (unpaired) electrons. The first-order chi connectivity index (χ1) is 9.94. The summed E-state index contributed by atoms with van der Waals surface area (Å²) in [7, 11) is -3.43. The molecule has 2 atom stereocenters. The maximum absolute atomic E-state index is 12.4. The molecule has 0 aliphatic heterocycles. The van der Waals surface area contributed by atoms with E-state index in [1.807, 2.05) is 19.1 Å². The maximum atomic E-state index is 12.4. The van der Waals surface area contributed by atoms with Crippen molar-refractivity contribution in [3.05, 3.63) is 29.8 Å². The Balaban J connectivity index is 3.03. The van der Waals surface area contributed by atoms with Crippen molar-refractivity contribution in [2.75, 3.05) is 13.1 Å². The van der Waals surface area contributed by atoms with Crippen LogP contribution in [0.3, 0.4) is 0 Å².